The van der Waals surface area contributed by atoms with E-state index < -0.39 is 11.4 Å². The SMILES string of the molecule is CCCCCCCCC1(C2CCCCC2)CCC(CC)(C2(C(=O)O)CCCCC2)CC1. The summed E-state index contributed by atoms with van der Waals surface area (Å²) in [5.41, 5.74) is 0.148. The normalized spacial score (nSPS) is 32.1. The lowest BCUT2D eigenvalue weighted by atomic mass is 9.46. The summed E-state index contributed by atoms with van der Waals surface area (Å²) in [6.45, 7) is 4.61. The van der Waals surface area contributed by atoms with E-state index >= 15 is 0 Å². The van der Waals surface area contributed by atoms with Crippen molar-refractivity contribution in [3.05, 3.63) is 0 Å². The minimum atomic E-state index is -0.463. The minimum Gasteiger partial charge on any atom is -0.481 e. The molecule has 31 heavy (non-hydrogen) atoms. The van der Waals surface area contributed by atoms with E-state index in [0.29, 0.717) is 5.41 Å². The van der Waals surface area contributed by atoms with Gasteiger partial charge >= 0.3 is 5.97 Å². The quantitative estimate of drug-likeness (QED) is 0.330. The third-order valence-corrected chi connectivity index (χ3v) is 10.5. The van der Waals surface area contributed by atoms with E-state index in [0.717, 1.165) is 38.0 Å². The number of rotatable bonds is 11. The monoisotopic (exact) mass is 432 g/mol. The van der Waals surface area contributed by atoms with Gasteiger partial charge in [0.25, 0.3) is 0 Å². The first-order valence-electron chi connectivity index (χ1n) is 14.3. The third-order valence-electron chi connectivity index (χ3n) is 10.5. The molecule has 0 unspecified atom stereocenters. The van der Waals surface area contributed by atoms with Gasteiger partial charge in [0, 0.05) is 0 Å². The lowest BCUT2D eigenvalue weighted by Crippen LogP contribution is -2.52. The molecule has 1 N–H and O–H groups in total. The van der Waals surface area contributed by atoms with Crippen LogP contribution in [0.4, 0.5) is 0 Å². The highest BCUT2D eigenvalue weighted by molar-refractivity contribution is 5.76. The second kappa shape index (κ2) is 11.6. The van der Waals surface area contributed by atoms with Crippen molar-refractivity contribution in [3.63, 3.8) is 0 Å². The summed E-state index contributed by atoms with van der Waals surface area (Å²) < 4.78 is 0. The van der Waals surface area contributed by atoms with Gasteiger partial charge in [-0.15, -0.1) is 0 Å². The van der Waals surface area contributed by atoms with Gasteiger partial charge in [-0.1, -0.05) is 90.9 Å². The zero-order chi connectivity index (χ0) is 22.2. The highest BCUT2D eigenvalue weighted by Gasteiger charge is 2.58. The Balaban J connectivity index is 1.72. The maximum absolute atomic E-state index is 12.7. The molecule has 2 heteroatoms. The molecule has 0 bridgehead atoms. The molecule has 3 fully saturated rings. The van der Waals surface area contributed by atoms with Crippen molar-refractivity contribution in [2.45, 2.75) is 155 Å². The summed E-state index contributed by atoms with van der Waals surface area (Å²) in [6.07, 6.45) is 28.4. The van der Waals surface area contributed by atoms with Gasteiger partial charge in [-0.25, -0.2) is 0 Å². The fourth-order valence-corrected chi connectivity index (χ4v) is 8.36. The summed E-state index contributed by atoms with van der Waals surface area (Å²) in [4.78, 5) is 12.7. The van der Waals surface area contributed by atoms with E-state index in [9.17, 15) is 9.90 Å². The largest absolute Gasteiger partial charge is 0.481 e. The van der Waals surface area contributed by atoms with Gasteiger partial charge in [-0.2, -0.15) is 0 Å². The summed E-state index contributed by atoms with van der Waals surface area (Å²) in [5.74, 6) is 0.453. The number of carboxylic acids is 1. The lowest BCUT2D eigenvalue weighted by Gasteiger charge is -2.57. The first-order valence-corrected chi connectivity index (χ1v) is 14.3. The smallest absolute Gasteiger partial charge is 0.310 e. The van der Waals surface area contributed by atoms with E-state index in [4.69, 9.17) is 0 Å². The second-order valence-corrected chi connectivity index (χ2v) is 11.8. The molecule has 2 nitrogen and oxygen atoms in total. The Morgan fingerprint density at radius 3 is 1.90 bits per heavy atom. The molecule has 0 aromatic rings. The van der Waals surface area contributed by atoms with Gasteiger partial charge in [0.1, 0.15) is 0 Å². The van der Waals surface area contributed by atoms with Gasteiger partial charge in [0.15, 0.2) is 0 Å². The van der Waals surface area contributed by atoms with Crippen LogP contribution in [0.2, 0.25) is 0 Å². The predicted octanol–water partition coefficient (Wildman–Crippen LogP) is 9.31. The van der Waals surface area contributed by atoms with E-state index in [1.54, 1.807) is 0 Å². The van der Waals surface area contributed by atoms with Crippen LogP contribution in [0.5, 0.6) is 0 Å². The van der Waals surface area contributed by atoms with Crippen molar-refractivity contribution in [2.24, 2.45) is 22.2 Å². The molecule has 0 heterocycles. The average Bonchev–Trinajstić information content (AvgIpc) is 2.82. The summed E-state index contributed by atoms with van der Waals surface area (Å²) >= 11 is 0. The summed E-state index contributed by atoms with van der Waals surface area (Å²) in [7, 11) is 0. The molecule has 0 saturated heterocycles. The van der Waals surface area contributed by atoms with E-state index in [-0.39, 0.29) is 5.41 Å². The van der Waals surface area contributed by atoms with Crippen molar-refractivity contribution in [3.8, 4) is 0 Å². The Labute approximate surface area is 193 Å². The van der Waals surface area contributed by atoms with Crippen molar-refractivity contribution in [1.82, 2.24) is 0 Å². The van der Waals surface area contributed by atoms with E-state index in [2.05, 4.69) is 13.8 Å². The summed E-state index contributed by atoms with van der Waals surface area (Å²) in [6, 6.07) is 0. The van der Waals surface area contributed by atoms with Gasteiger partial charge in [-0.3, -0.25) is 4.79 Å². The molecule has 3 aliphatic rings. The number of hydrogen-bond acceptors (Lipinski definition) is 1. The summed E-state index contributed by atoms with van der Waals surface area (Å²) in [5, 5.41) is 10.5. The molecule has 0 amide bonds. The molecular weight excluding hydrogens is 380 g/mol. The number of unbranched alkanes of at least 4 members (excludes halogenated alkanes) is 5. The number of carbonyl (C=O) groups is 1. The van der Waals surface area contributed by atoms with Gasteiger partial charge < -0.3 is 5.11 Å². The minimum absolute atomic E-state index is 0.0541. The van der Waals surface area contributed by atoms with Crippen LogP contribution < -0.4 is 0 Å². The molecule has 3 saturated carbocycles. The molecule has 3 rings (SSSR count). The van der Waals surface area contributed by atoms with Crippen molar-refractivity contribution in [1.29, 1.82) is 0 Å². The number of carboxylic acid groups (broad SMARTS) is 1. The molecular formula is C29H52O2. The topological polar surface area (TPSA) is 37.3 Å². The van der Waals surface area contributed by atoms with Crippen molar-refractivity contribution in [2.75, 3.05) is 0 Å². The molecule has 0 aliphatic heterocycles. The van der Waals surface area contributed by atoms with Crippen LogP contribution in [0.1, 0.15) is 155 Å². The highest BCUT2D eigenvalue weighted by Crippen LogP contribution is 2.64. The Kier molecular flexibility index (Phi) is 9.35. The van der Waals surface area contributed by atoms with Gasteiger partial charge in [0.05, 0.1) is 5.41 Å². The molecule has 0 aromatic heterocycles. The fourth-order valence-electron chi connectivity index (χ4n) is 8.36. The first-order chi connectivity index (χ1) is 15.0. The zero-order valence-electron chi connectivity index (χ0n) is 21.0. The van der Waals surface area contributed by atoms with E-state index in [1.807, 2.05) is 0 Å². The van der Waals surface area contributed by atoms with Crippen LogP contribution >= 0.6 is 0 Å². The van der Waals surface area contributed by atoms with Gasteiger partial charge in [0.2, 0.25) is 0 Å². The van der Waals surface area contributed by atoms with Crippen LogP contribution in [0.15, 0.2) is 0 Å². The van der Waals surface area contributed by atoms with Crippen molar-refractivity contribution >= 4 is 5.97 Å². The Hall–Kier alpha value is -0.530. The fraction of sp³-hybridized carbons (Fsp3) is 0.966. The standard InChI is InChI=1S/C29H52O2/c1-3-5-6-7-8-13-18-27(25-16-11-9-12-17-25)21-23-28(4-2,24-22-27)29(26(30)31)19-14-10-15-20-29/h25H,3-24H2,1-2H3,(H,30,31). The highest BCUT2D eigenvalue weighted by atomic mass is 16.4. The maximum Gasteiger partial charge on any atom is 0.310 e. The number of hydrogen-bond donors (Lipinski definition) is 1. The van der Waals surface area contributed by atoms with Crippen molar-refractivity contribution < 1.29 is 9.90 Å². The molecule has 0 radical (unpaired) electrons. The Morgan fingerprint density at radius 2 is 1.32 bits per heavy atom. The maximum atomic E-state index is 12.7. The average molecular weight is 433 g/mol. The van der Waals surface area contributed by atoms with Crippen LogP contribution in [-0.2, 0) is 4.79 Å². The first kappa shape index (κ1) is 25.1. The van der Waals surface area contributed by atoms with Crippen LogP contribution in [-0.4, -0.2) is 11.1 Å². The Morgan fingerprint density at radius 1 is 0.742 bits per heavy atom. The predicted molar refractivity (Wildman–Crippen MR) is 131 cm³/mol. The molecule has 0 aromatic carbocycles. The number of aliphatic carboxylic acids is 1. The third kappa shape index (κ3) is 5.35. The Bertz CT molecular complexity index is 531. The van der Waals surface area contributed by atoms with Gasteiger partial charge in [-0.05, 0) is 81.0 Å². The second-order valence-electron chi connectivity index (χ2n) is 11.8. The zero-order valence-corrected chi connectivity index (χ0v) is 21.0. The molecule has 0 atom stereocenters. The van der Waals surface area contributed by atoms with Crippen LogP contribution in [0, 0.1) is 22.2 Å². The molecule has 180 valence electrons. The molecule has 0 spiro atoms. The van der Waals surface area contributed by atoms with Crippen LogP contribution in [0.25, 0.3) is 0 Å². The van der Waals surface area contributed by atoms with E-state index in [1.165, 1.54) is 109 Å². The lowest BCUT2D eigenvalue weighted by molar-refractivity contribution is -0.170. The molecule has 3 aliphatic carbocycles. The van der Waals surface area contributed by atoms with Crippen LogP contribution in [0.3, 0.4) is 0 Å².